The summed E-state index contributed by atoms with van der Waals surface area (Å²) in [5, 5.41) is 11.1. The van der Waals surface area contributed by atoms with Crippen molar-refractivity contribution in [2.75, 3.05) is 0 Å². The smallest absolute Gasteiger partial charge is 0.0694 e. The number of aliphatic hydroxyl groups excluding tert-OH is 1. The molecule has 3 N–H and O–H groups in total. The van der Waals surface area contributed by atoms with E-state index in [9.17, 15) is 5.11 Å². The van der Waals surface area contributed by atoms with Crippen molar-refractivity contribution in [1.82, 2.24) is 0 Å². The van der Waals surface area contributed by atoms with Crippen molar-refractivity contribution < 1.29 is 5.11 Å². The number of aryl methyl sites for hydroxylation is 1. The molecule has 17 heavy (non-hydrogen) atoms. The average molecular weight is 276 g/mol. The van der Waals surface area contributed by atoms with Gasteiger partial charge >= 0.3 is 0 Å². The van der Waals surface area contributed by atoms with Crippen LogP contribution in [0.1, 0.15) is 31.7 Å². The summed E-state index contributed by atoms with van der Waals surface area (Å²) < 4.78 is 0. The fourth-order valence-corrected chi connectivity index (χ4v) is 2.38. The molecule has 2 unspecified atom stereocenters. The Morgan fingerprint density at radius 3 is 2.29 bits per heavy atom. The molecule has 0 radical (unpaired) electrons. The first-order valence-electron chi connectivity index (χ1n) is 5.91. The Balaban J connectivity index is 2.49. The molecule has 4 heteroatoms. The second-order valence-electron chi connectivity index (χ2n) is 4.34. The van der Waals surface area contributed by atoms with Crippen molar-refractivity contribution >= 4 is 23.2 Å². The third-order valence-corrected chi connectivity index (χ3v) is 3.20. The van der Waals surface area contributed by atoms with Gasteiger partial charge in [-0.2, -0.15) is 0 Å². The third-order valence-electron chi connectivity index (χ3n) is 2.77. The molecule has 0 aliphatic rings. The third kappa shape index (κ3) is 5.26. The van der Waals surface area contributed by atoms with Gasteiger partial charge in [0.05, 0.1) is 6.10 Å². The molecule has 0 spiro atoms. The number of hydrogen-bond donors (Lipinski definition) is 2. The largest absolute Gasteiger partial charge is 0.392 e. The van der Waals surface area contributed by atoms with Crippen LogP contribution >= 0.6 is 23.2 Å². The van der Waals surface area contributed by atoms with E-state index in [-0.39, 0.29) is 6.04 Å². The number of nitrogens with two attached hydrogens (primary N) is 1. The molecule has 0 saturated carbocycles. The van der Waals surface area contributed by atoms with Crippen LogP contribution in [0, 0.1) is 0 Å². The van der Waals surface area contributed by atoms with Crippen LogP contribution in [0.4, 0.5) is 0 Å². The first kappa shape index (κ1) is 14.8. The van der Waals surface area contributed by atoms with E-state index in [4.69, 9.17) is 28.9 Å². The summed E-state index contributed by atoms with van der Waals surface area (Å²) in [6.45, 7) is 2.06. The monoisotopic (exact) mass is 275 g/mol. The lowest BCUT2D eigenvalue weighted by Crippen LogP contribution is -2.34. The van der Waals surface area contributed by atoms with E-state index in [1.807, 2.05) is 12.1 Å². The summed E-state index contributed by atoms with van der Waals surface area (Å²) in [6.07, 6.45) is 2.74. The van der Waals surface area contributed by atoms with Gasteiger partial charge < -0.3 is 10.8 Å². The summed E-state index contributed by atoms with van der Waals surface area (Å²) in [5.41, 5.74) is 6.88. The van der Waals surface area contributed by atoms with E-state index >= 15 is 0 Å². The highest BCUT2D eigenvalue weighted by molar-refractivity contribution is 6.34. The number of halogens is 2. The first-order valence-corrected chi connectivity index (χ1v) is 6.67. The van der Waals surface area contributed by atoms with Gasteiger partial charge in [0.1, 0.15) is 0 Å². The summed E-state index contributed by atoms with van der Waals surface area (Å²) in [6, 6.07) is 5.29. The number of rotatable bonds is 6. The van der Waals surface area contributed by atoms with E-state index < -0.39 is 6.10 Å². The predicted octanol–water partition coefficient (Wildman–Crippen LogP) is 3.41. The van der Waals surface area contributed by atoms with E-state index in [1.165, 1.54) is 0 Å². The van der Waals surface area contributed by atoms with E-state index in [0.717, 1.165) is 24.8 Å². The molecule has 0 aromatic heterocycles. The van der Waals surface area contributed by atoms with E-state index in [2.05, 4.69) is 6.92 Å². The van der Waals surface area contributed by atoms with Crippen LogP contribution in [-0.2, 0) is 6.42 Å². The molecule has 2 nitrogen and oxygen atoms in total. The minimum Gasteiger partial charge on any atom is -0.392 e. The Hall–Kier alpha value is -0.280. The van der Waals surface area contributed by atoms with Crippen LogP contribution < -0.4 is 5.73 Å². The molecular weight excluding hydrogens is 257 g/mol. The van der Waals surface area contributed by atoms with Gasteiger partial charge in [-0.05, 0) is 43.0 Å². The van der Waals surface area contributed by atoms with Gasteiger partial charge in [0.15, 0.2) is 0 Å². The van der Waals surface area contributed by atoms with E-state index in [1.54, 1.807) is 6.07 Å². The summed E-state index contributed by atoms with van der Waals surface area (Å²) in [5.74, 6) is 0. The standard InChI is InChI=1S/C13H19Cl2NO/c1-2-3-12(16)13(17)5-4-9-6-10(14)8-11(15)7-9/h6-8,12-13,17H,2-5,16H2,1H3. The molecule has 0 aliphatic carbocycles. The summed E-state index contributed by atoms with van der Waals surface area (Å²) in [4.78, 5) is 0. The van der Waals surface area contributed by atoms with Crippen LogP contribution in [0.3, 0.4) is 0 Å². The Bertz CT molecular complexity index is 337. The zero-order valence-corrected chi connectivity index (χ0v) is 11.5. The van der Waals surface area contributed by atoms with Gasteiger partial charge in [-0.3, -0.25) is 0 Å². The number of aliphatic hydroxyl groups is 1. The van der Waals surface area contributed by atoms with Gasteiger partial charge in [0, 0.05) is 16.1 Å². The van der Waals surface area contributed by atoms with Gasteiger partial charge in [-0.1, -0.05) is 36.5 Å². The molecule has 1 aromatic rings. The van der Waals surface area contributed by atoms with Crippen LogP contribution in [0.5, 0.6) is 0 Å². The van der Waals surface area contributed by atoms with Crippen molar-refractivity contribution in [3.8, 4) is 0 Å². The molecule has 0 saturated heterocycles. The number of benzene rings is 1. The second kappa shape index (κ2) is 7.22. The highest BCUT2D eigenvalue weighted by Crippen LogP contribution is 2.20. The number of hydrogen-bond acceptors (Lipinski definition) is 2. The van der Waals surface area contributed by atoms with Crippen LogP contribution in [0.2, 0.25) is 10.0 Å². The Labute approximate surface area is 113 Å². The zero-order valence-electron chi connectivity index (χ0n) is 10.00. The molecule has 0 bridgehead atoms. The van der Waals surface area contributed by atoms with Crippen molar-refractivity contribution in [3.05, 3.63) is 33.8 Å². The average Bonchev–Trinajstić information content (AvgIpc) is 2.25. The minimum atomic E-state index is -0.465. The van der Waals surface area contributed by atoms with E-state index in [0.29, 0.717) is 16.5 Å². The van der Waals surface area contributed by atoms with Gasteiger partial charge in [-0.25, -0.2) is 0 Å². The minimum absolute atomic E-state index is 0.144. The maximum atomic E-state index is 9.86. The van der Waals surface area contributed by atoms with Gasteiger partial charge in [0.25, 0.3) is 0 Å². The summed E-state index contributed by atoms with van der Waals surface area (Å²) in [7, 11) is 0. The van der Waals surface area contributed by atoms with Crippen molar-refractivity contribution in [3.63, 3.8) is 0 Å². The lowest BCUT2D eigenvalue weighted by molar-refractivity contribution is 0.131. The van der Waals surface area contributed by atoms with Crippen molar-refractivity contribution in [1.29, 1.82) is 0 Å². The SMILES string of the molecule is CCCC(N)C(O)CCc1cc(Cl)cc(Cl)c1. The predicted molar refractivity (Wildman–Crippen MR) is 73.7 cm³/mol. The normalized spacial score (nSPS) is 14.6. The Morgan fingerprint density at radius 2 is 1.76 bits per heavy atom. The topological polar surface area (TPSA) is 46.2 Å². The van der Waals surface area contributed by atoms with Crippen LogP contribution in [0.25, 0.3) is 0 Å². The van der Waals surface area contributed by atoms with Crippen molar-refractivity contribution in [2.24, 2.45) is 5.73 Å². The molecule has 0 fully saturated rings. The molecule has 1 aromatic carbocycles. The first-order chi connectivity index (χ1) is 8.02. The zero-order chi connectivity index (χ0) is 12.8. The quantitative estimate of drug-likeness (QED) is 0.836. The van der Waals surface area contributed by atoms with Crippen LogP contribution in [0.15, 0.2) is 18.2 Å². The lowest BCUT2D eigenvalue weighted by Gasteiger charge is -2.18. The Kier molecular flexibility index (Phi) is 6.28. The molecule has 0 amide bonds. The fourth-order valence-electron chi connectivity index (χ4n) is 1.81. The maximum Gasteiger partial charge on any atom is 0.0694 e. The highest BCUT2D eigenvalue weighted by atomic mass is 35.5. The second-order valence-corrected chi connectivity index (χ2v) is 5.21. The lowest BCUT2D eigenvalue weighted by atomic mass is 10.00. The summed E-state index contributed by atoms with van der Waals surface area (Å²) >= 11 is 11.8. The molecule has 2 atom stereocenters. The van der Waals surface area contributed by atoms with Gasteiger partial charge in [-0.15, -0.1) is 0 Å². The van der Waals surface area contributed by atoms with Crippen molar-refractivity contribution in [2.45, 2.75) is 44.8 Å². The maximum absolute atomic E-state index is 9.86. The molecule has 0 aliphatic heterocycles. The molecule has 0 heterocycles. The Morgan fingerprint density at radius 1 is 1.18 bits per heavy atom. The molecular formula is C13H19Cl2NO. The van der Waals surface area contributed by atoms with Crippen LogP contribution in [-0.4, -0.2) is 17.3 Å². The fraction of sp³-hybridized carbons (Fsp3) is 0.538. The molecule has 1 rings (SSSR count). The highest BCUT2D eigenvalue weighted by Gasteiger charge is 2.13. The van der Waals surface area contributed by atoms with Gasteiger partial charge in [0.2, 0.25) is 0 Å². The molecule has 96 valence electrons.